The van der Waals surface area contributed by atoms with Gasteiger partial charge in [-0.05, 0) is 30.4 Å². The van der Waals surface area contributed by atoms with E-state index in [4.69, 9.17) is 0 Å². The Hall–Kier alpha value is -1.44. The molecule has 1 N–H and O–H groups in total. The van der Waals surface area contributed by atoms with E-state index in [-0.39, 0.29) is 10.9 Å². The predicted molar refractivity (Wildman–Crippen MR) is 77.4 cm³/mol. The van der Waals surface area contributed by atoms with Crippen LogP contribution in [0.3, 0.4) is 0 Å². The summed E-state index contributed by atoms with van der Waals surface area (Å²) in [5.74, 6) is 0. The molecule has 5 nitrogen and oxygen atoms in total. The fourth-order valence-electron chi connectivity index (χ4n) is 2.54. The van der Waals surface area contributed by atoms with Gasteiger partial charge < -0.3 is 4.98 Å². The molecular weight excluding hydrogens is 296 g/mol. The third-order valence-corrected chi connectivity index (χ3v) is 6.58. The van der Waals surface area contributed by atoms with Gasteiger partial charge in [0.25, 0.3) is 0 Å². The van der Waals surface area contributed by atoms with Crippen LogP contribution in [0.2, 0.25) is 0 Å². The second-order valence-corrected chi connectivity index (χ2v) is 7.57. The second kappa shape index (κ2) is 4.83. The molecule has 0 aliphatic carbocycles. The van der Waals surface area contributed by atoms with E-state index in [0.717, 1.165) is 5.56 Å². The topological polar surface area (TPSA) is 70.2 Å². The lowest BCUT2D eigenvalue weighted by Crippen LogP contribution is -2.39. The quantitative estimate of drug-likeness (QED) is 0.918. The number of nitrogens with zero attached hydrogens (tertiary/aromatic N) is 1. The first kappa shape index (κ1) is 13.5. The zero-order valence-electron chi connectivity index (χ0n) is 10.9. The van der Waals surface area contributed by atoms with Gasteiger partial charge in [-0.3, -0.25) is 4.79 Å². The molecule has 0 spiro atoms. The molecule has 106 valence electrons. The molecular formula is C13H14N2O3S2. The van der Waals surface area contributed by atoms with E-state index in [0.29, 0.717) is 13.0 Å². The average Bonchev–Trinajstić information content (AvgIpc) is 2.88. The summed E-state index contributed by atoms with van der Waals surface area (Å²) < 4.78 is 26.7. The first-order valence-corrected chi connectivity index (χ1v) is 8.59. The molecule has 0 saturated heterocycles. The molecule has 2 aromatic rings. The van der Waals surface area contributed by atoms with E-state index < -0.39 is 15.5 Å². The van der Waals surface area contributed by atoms with Crippen LogP contribution >= 0.6 is 11.3 Å². The Morgan fingerprint density at radius 1 is 1.40 bits per heavy atom. The lowest BCUT2D eigenvalue weighted by Gasteiger charge is -2.32. The Labute approximate surface area is 120 Å². The molecule has 0 saturated carbocycles. The van der Waals surface area contributed by atoms with Gasteiger partial charge in [0.15, 0.2) is 0 Å². The van der Waals surface area contributed by atoms with E-state index in [1.54, 1.807) is 11.3 Å². The van der Waals surface area contributed by atoms with Crippen LogP contribution in [0.5, 0.6) is 0 Å². The van der Waals surface area contributed by atoms with Gasteiger partial charge >= 0.3 is 0 Å². The van der Waals surface area contributed by atoms with E-state index in [1.165, 1.54) is 27.6 Å². The van der Waals surface area contributed by atoms with E-state index in [2.05, 4.69) is 4.98 Å². The number of thiophene rings is 1. The summed E-state index contributed by atoms with van der Waals surface area (Å²) >= 11 is 1.65. The lowest BCUT2D eigenvalue weighted by molar-refractivity contribution is 0.329. The lowest BCUT2D eigenvalue weighted by atomic mass is 10.0. The van der Waals surface area contributed by atoms with Crippen LogP contribution in [0, 0.1) is 0 Å². The highest BCUT2D eigenvalue weighted by molar-refractivity contribution is 7.89. The fourth-order valence-corrected chi connectivity index (χ4v) is 5.16. The third-order valence-electron chi connectivity index (χ3n) is 3.60. The molecule has 7 heteroatoms. The predicted octanol–water partition coefficient (Wildman–Crippen LogP) is 1.74. The van der Waals surface area contributed by atoms with Crippen LogP contribution in [0.15, 0.2) is 39.6 Å². The highest BCUT2D eigenvalue weighted by Gasteiger charge is 2.35. The van der Waals surface area contributed by atoms with Crippen LogP contribution < -0.4 is 5.43 Å². The molecule has 3 rings (SSSR count). The fraction of sp³-hybridized carbons (Fsp3) is 0.308. The number of sulfonamides is 1. The molecule has 1 atom stereocenters. The largest absolute Gasteiger partial charge is 0.366 e. The van der Waals surface area contributed by atoms with E-state index >= 15 is 0 Å². The van der Waals surface area contributed by atoms with Crippen molar-refractivity contribution in [1.82, 2.24) is 9.29 Å². The molecule has 0 fully saturated rings. The Balaban J connectivity index is 2.06. The molecule has 1 aliphatic heterocycles. The number of aromatic nitrogens is 1. The van der Waals surface area contributed by atoms with Crippen LogP contribution in [0.4, 0.5) is 0 Å². The SMILES string of the molecule is CC1c2ccsc2CCN1S(=O)(=O)c1c[nH]ccc1=O. The van der Waals surface area contributed by atoms with Crippen molar-refractivity contribution in [1.29, 1.82) is 0 Å². The Morgan fingerprint density at radius 3 is 2.95 bits per heavy atom. The van der Waals surface area contributed by atoms with Crippen LogP contribution in [0.1, 0.15) is 23.4 Å². The first-order valence-electron chi connectivity index (χ1n) is 6.27. The summed E-state index contributed by atoms with van der Waals surface area (Å²) in [6.07, 6.45) is 3.38. The van der Waals surface area contributed by atoms with E-state index in [9.17, 15) is 13.2 Å². The number of rotatable bonds is 2. The van der Waals surface area contributed by atoms with E-state index in [1.807, 2.05) is 18.4 Å². The summed E-state index contributed by atoms with van der Waals surface area (Å²) in [7, 11) is -3.77. The maximum atomic E-state index is 12.7. The highest BCUT2D eigenvalue weighted by atomic mass is 32.2. The number of fused-ring (bicyclic) bond motifs is 1. The zero-order valence-corrected chi connectivity index (χ0v) is 12.5. The van der Waals surface area contributed by atoms with Crippen molar-refractivity contribution in [3.63, 3.8) is 0 Å². The molecule has 0 bridgehead atoms. The van der Waals surface area contributed by atoms with Gasteiger partial charge in [-0.1, -0.05) is 0 Å². The number of hydrogen-bond acceptors (Lipinski definition) is 4. The average molecular weight is 310 g/mol. The first-order chi connectivity index (χ1) is 9.51. The highest BCUT2D eigenvalue weighted by Crippen LogP contribution is 2.35. The Kier molecular flexibility index (Phi) is 3.27. The minimum absolute atomic E-state index is 0.189. The number of hydrogen-bond donors (Lipinski definition) is 1. The van der Waals surface area contributed by atoms with Crippen molar-refractivity contribution in [2.75, 3.05) is 6.54 Å². The van der Waals surface area contributed by atoms with Gasteiger partial charge in [-0.15, -0.1) is 11.3 Å². The maximum Gasteiger partial charge on any atom is 0.248 e. The summed E-state index contributed by atoms with van der Waals surface area (Å²) in [5, 5.41) is 1.98. The third kappa shape index (κ3) is 2.02. The molecule has 1 aliphatic rings. The summed E-state index contributed by atoms with van der Waals surface area (Å²) in [6.45, 7) is 2.27. The molecule has 1 unspecified atom stereocenters. The molecule has 0 amide bonds. The van der Waals surface area contributed by atoms with Crippen molar-refractivity contribution in [3.05, 3.63) is 50.6 Å². The molecule has 20 heavy (non-hydrogen) atoms. The minimum Gasteiger partial charge on any atom is -0.366 e. The number of nitrogens with one attached hydrogen (secondary N) is 1. The maximum absolute atomic E-state index is 12.7. The number of aromatic amines is 1. The van der Waals surface area contributed by atoms with Crippen LogP contribution in [0.25, 0.3) is 0 Å². The van der Waals surface area contributed by atoms with Crippen LogP contribution in [-0.2, 0) is 16.4 Å². The van der Waals surface area contributed by atoms with Crippen molar-refractivity contribution in [2.24, 2.45) is 0 Å². The monoisotopic (exact) mass is 310 g/mol. The van der Waals surface area contributed by atoms with Crippen molar-refractivity contribution >= 4 is 21.4 Å². The number of H-pyrrole nitrogens is 1. The normalized spacial score (nSPS) is 19.8. The van der Waals surface area contributed by atoms with Crippen molar-refractivity contribution in [2.45, 2.75) is 24.3 Å². The Morgan fingerprint density at radius 2 is 2.20 bits per heavy atom. The Bertz CT molecular complexity index is 792. The summed E-state index contributed by atoms with van der Waals surface area (Å²) in [6, 6.07) is 2.95. The molecule has 3 heterocycles. The summed E-state index contributed by atoms with van der Waals surface area (Å²) in [5.41, 5.74) is 0.559. The van der Waals surface area contributed by atoms with Gasteiger partial charge in [-0.25, -0.2) is 8.42 Å². The smallest absolute Gasteiger partial charge is 0.248 e. The summed E-state index contributed by atoms with van der Waals surface area (Å²) in [4.78, 5) is 15.5. The number of pyridine rings is 1. The van der Waals surface area contributed by atoms with Gasteiger partial charge in [0.05, 0.1) is 0 Å². The van der Waals surface area contributed by atoms with Crippen molar-refractivity contribution in [3.8, 4) is 0 Å². The molecule has 0 radical (unpaired) electrons. The van der Waals surface area contributed by atoms with Crippen LogP contribution in [-0.4, -0.2) is 24.3 Å². The molecule has 0 aromatic carbocycles. The van der Waals surface area contributed by atoms with Crippen molar-refractivity contribution < 1.29 is 8.42 Å². The zero-order chi connectivity index (χ0) is 14.3. The van der Waals surface area contributed by atoms with Gasteiger partial charge in [-0.2, -0.15) is 4.31 Å². The van der Waals surface area contributed by atoms with Gasteiger partial charge in [0, 0.05) is 35.9 Å². The minimum atomic E-state index is -3.77. The standard InChI is InChI=1S/C13H14N2O3S2/c1-9-10-4-7-19-12(10)3-6-15(9)20(17,18)13-8-14-5-2-11(13)16/h2,4-5,7-9H,3,6H2,1H3,(H,14,16). The second-order valence-electron chi connectivity index (χ2n) is 4.71. The van der Waals surface area contributed by atoms with Gasteiger partial charge in [0.2, 0.25) is 15.5 Å². The van der Waals surface area contributed by atoms with Gasteiger partial charge in [0.1, 0.15) is 4.90 Å². The molecule has 2 aromatic heterocycles.